The van der Waals surface area contributed by atoms with Gasteiger partial charge in [0.1, 0.15) is 5.82 Å². The van der Waals surface area contributed by atoms with E-state index in [4.69, 9.17) is 4.98 Å². The molecule has 6 heteroatoms. The maximum atomic E-state index is 12.5. The van der Waals surface area contributed by atoms with E-state index in [1.54, 1.807) is 12.4 Å². The van der Waals surface area contributed by atoms with Gasteiger partial charge in [0.05, 0.1) is 5.69 Å². The molecule has 1 aliphatic rings. The molecule has 0 aliphatic carbocycles. The zero-order chi connectivity index (χ0) is 18.2. The summed E-state index contributed by atoms with van der Waals surface area (Å²) >= 11 is 0. The minimum Gasteiger partial charge on any atom is -0.361 e. The summed E-state index contributed by atoms with van der Waals surface area (Å²) in [6.07, 6.45) is 6.11. The topological polar surface area (TPSA) is 77.7 Å². The van der Waals surface area contributed by atoms with Gasteiger partial charge in [-0.3, -0.25) is 14.7 Å². The first-order valence-corrected chi connectivity index (χ1v) is 9.08. The first kappa shape index (κ1) is 16.0. The molecule has 5 rings (SSSR count). The summed E-state index contributed by atoms with van der Waals surface area (Å²) < 4.78 is 0. The third-order valence-corrected chi connectivity index (χ3v) is 5.19. The molecule has 0 radical (unpaired) electrons. The van der Waals surface area contributed by atoms with Crippen molar-refractivity contribution in [2.75, 3.05) is 6.54 Å². The molecule has 134 valence electrons. The van der Waals surface area contributed by atoms with Crippen LogP contribution in [-0.2, 0) is 19.5 Å². The van der Waals surface area contributed by atoms with Gasteiger partial charge in [0.2, 0.25) is 0 Å². The summed E-state index contributed by atoms with van der Waals surface area (Å²) in [6.45, 7) is 2.37. The Balaban J connectivity index is 1.46. The van der Waals surface area contributed by atoms with E-state index in [0.717, 1.165) is 41.8 Å². The van der Waals surface area contributed by atoms with Crippen LogP contribution >= 0.6 is 0 Å². The number of hydrogen-bond donors (Lipinski definition) is 2. The minimum absolute atomic E-state index is 0.0285. The fourth-order valence-electron chi connectivity index (χ4n) is 3.80. The third kappa shape index (κ3) is 2.94. The van der Waals surface area contributed by atoms with Crippen molar-refractivity contribution >= 4 is 10.9 Å². The van der Waals surface area contributed by atoms with Crippen LogP contribution in [0.3, 0.4) is 0 Å². The summed E-state index contributed by atoms with van der Waals surface area (Å²) in [7, 11) is 0. The lowest BCUT2D eigenvalue weighted by molar-refractivity contribution is 0.241. The van der Waals surface area contributed by atoms with Crippen molar-refractivity contribution in [2.24, 2.45) is 0 Å². The second kappa shape index (κ2) is 6.48. The van der Waals surface area contributed by atoms with Gasteiger partial charge in [-0.25, -0.2) is 4.98 Å². The Morgan fingerprint density at radius 2 is 2.00 bits per heavy atom. The fraction of sp³-hybridized carbons (Fsp3) is 0.190. The van der Waals surface area contributed by atoms with Gasteiger partial charge in [-0.1, -0.05) is 12.1 Å². The van der Waals surface area contributed by atoms with Crippen molar-refractivity contribution in [3.8, 4) is 11.4 Å². The van der Waals surface area contributed by atoms with E-state index in [0.29, 0.717) is 12.4 Å². The number of aromatic amines is 2. The molecule has 0 amide bonds. The molecule has 3 aromatic heterocycles. The van der Waals surface area contributed by atoms with Gasteiger partial charge >= 0.3 is 0 Å². The monoisotopic (exact) mass is 357 g/mol. The average Bonchev–Trinajstić information content (AvgIpc) is 3.18. The molecule has 4 aromatic rings. The highest BCUT2D eigenvalue weighted by molar-refractivity contribution is 5.82. The Hall–Kier alpha value is -3.25. The zero-order valence-electron chi connectivity index (χ0n) is 14.8. The van der Waals surface area contributed by atoms with E-state index < -0.39 is 0 Å². The first-order chi connectivity index (χ1) is 13.3. The molecule has 27 heavy (non-hydrogen) atoms. The third-order valence-electron chi connectivity index (χ3n) is 5.19. The van der Waals surface area contributed by atoms with Crippen LogP contribution in [-0.4, -0.2) is 31.4 Å². The highest BCUT2D eigenvalue weighted by Crippen LogP contribution is 2.23. The number of H-pyrrole nitrogens is 2. The predicted molar refractivity (Wildman–Crippen MR) is 104 cm³/mol. The van der Waals surface area contributed by atoms with Gasteiger partial charge in [-0.15, -0.1) is 0 Å². The van der Waals surface area contributed by atoms with Crippen LogP contribution in [0.4, 0.5) is 0 Å². The number of pyridine rings is 1. The standard InChI is InChI=1S/C21H19N5O/c27-21-17-7-11-26(12-15-2-1-3-18-16(15)6-10-23-18)13-19(17)24-20(25-21)14-4-8-22-9-5-14/h1-6,8-10,23H,7,11-13H2,(H,24,25,27). The maximum Gasteiger partial charge on any atom is 0.254 e. The van der Waals surface area contributed by atoms with Crippen LogP contribution in [0.25, 0.3) is 22.3 Å². The van der Waals surface area contributed by atoms with Crippen molar-refractivity contribution < 1.29 is 0 Å². The Kier molecular flexibility index (Phi) is 3.83. The van der Waals surface area contributed by atoms with Crippen LogP contribution < -0.4 is 5.56 Å². The number of nitrogens with one attached hydrogen (secondary N) is 2. The van der Waals surface area contributed by atoms with Crippen LogP contribution in [0.1, 0.15) is 16.8 Å². The van der Waals surface area contributed by atoms with Gasteiger partial charge in [0, 0.05) is 60.3 Å². The second-order valence-electron chi connectivity index (χ2n) is 6.89. The van der Waals surface area contributed by atoms with Gasteiger partial charge in [0.15, 0.2) is 0 Å². The van der Waals surface area contributed by atoms with Gasteiger partial charge in [-0.2, -0.15) is 0 Å². The lowest BCUT2D eigenvalue weighted by Crippen LogP contribution is -2.35. The Bertz CT molecular complexity index is 1160. The number of nitrogens with zero attached hydrogens (tertiary/aromatic N) is 3. The molecule has 0 atom stereocenters. The molecule has 4 heterocycles. The Morgan fingerprint density at radius 3 is 2.89 bits per heavy atom. The molecule has 6 nitrogen and oxygen atoms in total. The van der Waals surface area contributed by atoms with Gasteiger partial charge in [-0.05, 0) is 36.2 Å². The highest BCUT2D eigenvalue weighted by Gasteiger charge is 2.22. The summed E-state index contributed by atoms with van der Waals surface area (Å²) in [5.74, 6) is 0.607. The van der Waals surface area contributed by atoms with Crippen molar-refractivity contribution in [3.05, 3.63) is 82.2 Å². The normalized spacial score (nSPS) is 14.4. The molecule has 0 bridgehead atoms. The first-order valence-electron chi connectivity index (χ1n) is 9.08. The largest absolute Gasteiger partial charge is 0.361 e. The van der Waals surface area contributed by atoms with Crippen molar-refractivity contribution in [1.29, 1.82) is 0 Å². The molecule has 0 saturated carbocycles. The number of hydrogen-bond acceptors (Lipinski definition) is 4. The van der Waals surface area contributed by atoms with Crippen LogP contribution in [0, 0.1) is 0 Å². The van der Waals surface area contributed by atoms with Crippen LogP contribution in [0.5, 0.6) is 0 Å². The smallest absolute Gasteiger partial charge is 0.254 e. The zero-order valence-corrected chi connectivity index (χ0v) is 14.8. The van der Waals surface area contributed by atoms with E-state index in [1.165, 1.54) is 10.9 Å². The average molecular weight is 357 g/mol. The molecule has 0 unspecified atom stereocenters. The molecular formula is C21H19N5O. The molecule has 0 spiro atoms. The van der Waals surface area contributed by atoms with Crippen LogP contribution in [0.2, 0.25) is 0 Å². The number of benzene rings is 1. The number of rotatable bonds is 3. The van der Waals surface area contributed by atoms with Crippen molar-refractivity contribution in [1.82, 2.24) is 24.8 Å². The van der Waals surface area contributed by atoms with Gasteiger partial charge in [0.25, 0.3) is 5.56 Å². The van der Waals surface area contributed by atoms with E-state index in [-0.39, 0.29) is 5.56 Å². The molecule has 1 aliphatic heterocycles. The van der Waals surface area contributed by atoms with E-state index >= 15 is 0 Å². The molecule has 1 aromatic carbocycles. The van der Waals surface area contributed by atoms with Crippen molar-refractivity contribution in [3.63, 3.8) is 0 Å². The lowest BCUT2D eigenvalue weighted by Gasteiger charge is -2.28. The number of aromatic nitrogens is 4. The molecule has 0 fully saturated rings. The van der Waals surface area contributed by atoms with E-state index in [2.05, 4.69) is 44.1 Å². The predicted octanol–water partition coefficient (Wildman–Crippen LogP) is 2.87. The van der Waals surface area contributed by atoms with Gasteiger partial charge < -0.3 is 9.97 Å². The van der Waals surface area contributed by atoms with E-state index in [9.17, 15) is 4.79 Å². The fourth-order valence-corrected chi connectivity index (χ4v) is 3.80. The minimum atomic E-state index is -0.0285. The maximum absolute atomic E-state index is 12.5. The lowest BCUT2D eigenvalue weighted by atomic mass is 10.0. The summed E-state index contributed by atoms with van der Waals surface area (Å²) in [5, 5.41) is 1.25. The summed E-state index contributed by atoms with van der Waals surface area (Å²) in [5.41, 5.74) is 4.97. The highest BCUT2D eigenvalue weighted by atomic mass is 16.1. The summed E-state index contributed by atoms with van der Waals surface area (Å²) in [6, 6.07) is 12.2. The second-order valence-corrected chi connectivity index (χ2v) is 6.89. The van der Waals surface area contributed by atoms with Crippen LogP contribution in [0.15, 0.2) is 59.8 Å². The molecular weight excluding hydrogens is 338 g/mol. The SMILES string of the molecule is O=c1[nH]c(-c2ccncc2)nc2c1CCN(Cc1cccc3[nH]ccc13)C2. The molecule has 0 saturated heterocycles. The van der Waals surface area contributed by atoms with Crippen molar-refractivity contribution in [2.45, 2.75) is 19.5 Å². The Morgan fingerprint density at radius 1 is 1.11 bits per heavy atom. The quantitative estimate of drug-likeness (QED) is 0.591. The summed E-state index contributed by atoms with van der Waals surface area (Å²) in [4.78, 5) is 29.9. The van der Waals surface area contributed by atoms with E-state index in [1.807, 2.05) is 18.3 Å². The number of fused-ring (bicyclic) bond motifs is 2. The molecule has 2 N–H and O–H groups in total. The Labute approximate surface area is 155 Å².